The molecule has 1 unspecified atom stereocenters. The van der Waals surface area contributed by atoms with Gasteiger partial charge in [-0.25, -0.2) is 0 Å². The molecule has 1 aromatic carbocycles. The van der Waals surface area contributed by atoms with Crippen LogP contribution < -0.4 is 0 Å². The average Bonchev–Trinajstić information content (AvgIpc) is 2.60. The molecule has 0 N–H and O–H groups in total. The highest BCUT2D eigenvalue weighted by atomic mass is 31.1. The van der Waals surface area contributed by atoms with Gasteiger partial charge in [-0.05, 0) is 49.0 Å². The van der Waals surface area contributed by atoms with Crippen molar-refractivity contribution in [2.45, 2.75) is 52.4 Å². The highest BCUT2D eigenvalue weighted by molar-refractivity contribution is 7.43. The number of unbranched alkanes of at least 4 members (excludes halogenated alkanes) is 1. The van der Waals surface area contributed by atoms with Crippen molar-refractivity contribution in [2.75, 3.05) is 19.3 Å². The summed E-state index contributed by atoms with van der Waals surface area (Å²) < 4.78 is 0. The Kier molecular flexibility index (Phi) is 8.47. The van der Waals surface area contributed by atoms with Gasteiger partial charge in [0.2, 0.25) is 0 Å². The molecule has 0 fully saturated rings. The molecule has 1 nitrogen and oxygen atoms in total. The SMILES string of the molecule is CCCCN(CCCc1ccc(CCC)cc1)C1=CC=CCP1. The number of aryl methyl sites for hydroxylation is 2. The Morgan fingerprint density at radius 1 is 0.913 bits per heavy atom. The Hall–Kier alpha value is -1.07. The smallest absolute Gasteiger partial charge is 0.0341 e. The first kappa shape index (κ1) is 18.3. The minimum Gasteiger partial charge on any atom is -0.371 e. The third-order valence-electron chi connectivity index (χ3n) is 4.37. The third kappa shape index (κ3) is 6.51. The number of hydrogen-bond donors (Lipinski definition) is 0. The summed E-state index contributed by atoms with van der Waals surface area (Å²) in [5, 5.41) is 0. The van der Waals surface area contributed by atoms with Crippen molar-refractivity contribution in [3.8, 4) is 0 Å². The molecule has 23 heavy (non-hydrogen) atoms. The van der Waals surface area contributed by atoms with Gasteiger partial charge in [0.05, 0.1) is 0 Å². The molecule has 0 radical (unpaired) electrons. The van der Waals surface area contributed by atoms with E-state index in [0.29, 0.717) is 0 Å². The Labute approximate surface area is 144 Å². The second kappa shape index (κ2) is 10.7. The summed E-state index contributed by atoms with van der Waals surface area (Å²) in [5.41, 5.74) is 4.53. The standard InChI is InChI=1S/C21H32NP/c1-3-5-16-22(21-11-6-7-18-23-21)17-8-10-20-14-12-19(9-4-2)13-15-20/h6-7,11-15,23H,3-5,8-10,16-18H2,1-2H3. The lowest BCUT2D eigenvalue weighted by Gasteiger charge is -2.28. The van der Waals surface area contributed by atoms with Gasteiger partial charge in [-0.15, -0.1) is 0 Å². The van der Waals surface area contributed by atoms with Crippen molar-refractivity contribution in [3.63, 3.8) is 0 Å². The van der Waals surface area contributed by atoms with E-state index in [1.807, 2.05) is 0 Å². The summed E-state index contributed by atoms with van der Waals surface area (Å²) in [5.74, 6) is 0. The molecule has 0 amide bonds. The fraction of sp³-hybridized carbons (Fsp3) is 0.524. The van der Waals surface area contributed by atoms with Gasteiger partial charge in [-0.2, -0.15) is 0 Å². The topological polar surface area (TPSA) is 3.24 Å². The first-order chi connectivity index (χ1) is 11.3. The van der Waals surface area contributed by atoms with E-state index in [-0.39, 0.29) is 0 Å². The summed E-state index contributed by atoms with van der Waals surface area (Å²) in [4.78, 5) is 2.64. The van der Waals surface area contributed by atoms with E-state index in [1.54, 1.807) is 5.44 Å². The van der Waals surface area contributed by atoms with Gasteiger partial charge in [-0.3, -0.25) is 0 Å². The first-order valence-electron chi connectivity index (χ1n) is 9.27. The average molecular weight is 329 g/mol. The molecule has 0 bridgehead atoms. The molecule has 2 heteroatoms. The van der Waals surface area contributed by atoms with Crippen LogP contribution in [0, 0.1) is 0 Å². The largest absolute Gasteiger partial charge is 0.371 e. The molecule has 0 saturated carbocycles. The van der Waals surface area contributed by atoms with E-state index in [1.165, 1.54) is 68.9 Å². The quantitative estimate of drug-likeness (QED) is 0.493. The minimum atomic E-state index is 0.960. The predicted molar refractivity (Wildman–Crippen MR) is 106 cm³/mol. The van der Waals surface area contributed by atoms with Crippen molar-refractivity contribution in [2.24, 2.45) is 0 Å². The molecule has 1 atom stereocenters. The van der Waals surface area contributed by atoms with Gasteiger partial charge in [0.25, 0.3) is 0 Å². The molecule has 2 rings (SSSR count). The Morgan fingerprint density at radius 2 is 1.61 bits per heavy atom. The Balaban J connectivity index is 1.83. The van der Waals surface area contributed by atoms with Crippen LogP contribution >= 0.6 is 8.58 Å². The molecule has 0 saturated heterocycles. The fourth-order valence-corrected chi connectivity index (χ4v) is 4.13. The van der Waals surface area contributed by atoms with Crippen LogP contribution in [0.4, 0.5) is 0 Å². The van der Waals surface area contributed by atoms with E-state index in [9.17, 15) is 0 Å². The molecule has 0 spiro atoms. The third-order valence-corrected chi connectivity index (χ3v) is 5.65. The van der Waals surface area contributed by atoms with Crippen LogP contribution in [0.15, 0.2) is 47.9 Å². The molecule has 1 heterocycles. The zero-order valence-electron chi connectivity index (χ0n) is 14.9. The molecule has 0 aromatic heterocycles. The van der Waals surface area contributed by atoms with Crippen LogP contribution in [0.3, 0.4) is 0 Å². The lowest BCUT2D eigenvalue weighted by atomic mass is 10.0. The van der Waals surface area contributed by atoms with E-state index < -0.39 is 0 Å². The van der Waals surface area contributed by atoms with E-state index in [0.717, 1.165) is 8.58 Å². The lowest BCUT2D eigenvalue weighted by molar-refractivity contribution is 0.352. The Bertz CT molecular complexity index is 501. The maximum absolute atomic E-state index is 2.64. The van der Waals surface area contributed by atoms with E-state index >= 15 is 0 Å². The summed E-state index contributed by atoms with van der Waals surface area (Å²) in [7, 11) is 0.960. The number of rotatable bonds is 10. The number of benzene rings is 1. The summed E-state index contributed by atoms with van der Waals surface area (Å²) in [6.07, 6.45) is 15.5. The van der Waals surface area contributed by atoms with Gasteiger partial charge in [-0.1, -0.05) is 71.7 Å². The van der Waals surface area contributed by atoms with Gasteiger partial charge in [0.15, 0.2) is 0 Å². The van der Waals surface area contributed by atoms with Gasteiger partial charge in [0, 0.05) is 18.5 Å². The second-order valence-electron chi connectivity index (χ2n) is 6.37. The number of allylic oxidation sites excluding steroid dienone is 3. The van der Waals surface area contributed by atoms with Crippen molar-refractivity contribution in [3.05, 3.63) is 59.1 Å². The predicted octanol–water partition coefficient (Wildman–Crippen LogP) is 5.76. The van der Waals surface area contributed by atoms with Crippen LogP contribution in [-0.4, -0.2) is 24.2 Å². The maximum Gasteiger partial charge on any atom is 0.0341 e. The molecular weight excluding hydrogens is 297 g/mol. The molecule has 0 aliphatic carbocycles. The molecule has 1 aliphatic heterocycles. The molecule has 1 aromatic rings. The highest BCUT2D eigenvalue weighted by Crippen LogP contribution is 2.30. The fourth-order valence-electron chi connectivity index (χ4n) is 3.00. The number of hydrogen-bond acceptors (Lipinski definition) is 1. The van der Waals surface area contributed by atoms with Crippen molar-refractivity contribution in [1.29, 1.82) is 0 Å². The van der Waals surface area contributed by atoms with Crippen LogP contribution in [0.25, 0.3) is 0 Å². The zero-order valence-corrected chi connectivity index (χ0v) is 15.9. The summed E-state index contributed by atoms with van der Waals surface area (Å²) in [6.45, 7) is 6.95. The second-order valence-corrected chi connectivity index (χ2v) is 7.65. The van der Waals surface area contributed by atoms with Crippen molar-refractivity contribution >= 4 is 8.58 Å². The van der Waals surface area contributed by atoms with Crippen molar-refractivity contribution < 1.29 is 0 Å². The zero-order chi connectivity index (χ0) is 16.3. The van der Waals surface area contributed by atoms with Gasteiger partial charge < -0.3 is 4.90 Å². The van der Waals surface area contributed by atoms with Gasteiger partial charge >= 0.3 is 0 Å². The molecule has 1 aliphatic rings. The van der Waals surface area contributed by atoms with Crippen molar-refractivity contribution in [1.82, 2.24) is 4.90 Å². The summed E-state index contributed by atoms with van der Waals surface area (Å²) >= 11 is 0. The van der Waals surface area contributed by atoms with Crippen LogP contribution in [-0.2, 0) is 12.8 Å². The lowest BCUT2D eigenvalue weighted by Crippen LogP contribution is -2.24. The molecular formula is C21H32NP. The van der Waals surface area contributed by atoms with Crippen LogP contribution in [0.5, 0.6) is 0 Å². The van der Waals surface area contributed by atoms with Crippen LogP contribution in [0.2, 0.25) is 0 Å². The first-order valence-corrected chi connectivity index (χ1v) is 10.5. The summed E-state index contributed by atoms with van der Waals surface area (Å²) in [6, 6.07) is 9.27. The Morgan fingerprint density at radius 3 is 2.22 bits per heavy atom. The van der Waals surface area contributed by atoms with Crippen LogP contribution in [0.1, 0.15) is 50.7 Å². The normalized spacial score (nSPS) is 15.0. The maximum atomic E-state index is 2.64. The minimum absolute atomic E-state index is 0.960. The number of nitrogens with zero attached hydrogens (tertiary/aromatic N) is 1. The van der Waals surface area contributed by atoms with E-state index in [4.69, 9.17) is 0 Å². The monoisotopic (exact) mass is 329 g/mol. The highest BCUT2D eigenvalue weighted by Gasteiger charge is 2.10. The van der Waals surface area contributed by atoms with Gasteiger partial charge in [0.1, 0.15) is 0 Å². The molecule has 126 valence electrons. The van der Waals surface area contributed by atoms with E-state index in [2.05, 4.69) is 61.2 Å².